The lowest BCUT2D eigenvalue weighted by Crippen LogP contribution is -2.42. The van der Waals surface area contributed by atoms with Crippen LogP contribution in [0.4, 0.5) is 0 Å². The van der Waals surface area contributed by atoms with Crippen LogP contribution in [0.2, 0.25) is 0 Å². The second kappa shape index (κ2) is 14.8. The average Bonchev–Trinajstić information content (AvgIpc) is 3.88. The van der Waals surface area contributed by atoms with Crippen molar-refractivity contribution in [3.63, 3.8) is 0 Å². The molecule has 8 aromatic rings. The van der Waals surface area contributed by atoms with E-state index in [0.717, 1.165) is 12.8 Å². The van der Waals surface area contributed by atoms with E-state index in [4.69, 9.17) is 0 Å². The summed E-state index contributed by atoms with van der Waals surface area (Å²) in [6.45, 7) is 13.7. The van der Waals surface area contributed by atoms with Gasteiger partial charge in [-0.2, -0.15) is 0 Å². The third kappa shape index (κ3) is 5.69. The molecule has 0 aromatic heterocycles. The minimum Gasteiger partial charge on any atom is -0.392 e. The molecule has 70 heavy (non-hydrogen) atoms. The van der Waals surface area contributed by atoms with Gasteiger partial charge in [-0.1, -0.05) is 211 Å². The van der Waals surface area contributed by atoms with Crippen LogP contribution in [0, 0.1) is 22.7 Å². The monoisotopic (exact) mass is 906 g/mol. The van der Waals surface area contributed by atoms with Gasteiger partial charge < -0.3 is 10.2 Å². The molecule has 6 aliphatic carbocycles. The first-order chi connectivity index (χ1) is 33.9. The Labute approximate surface area is 411 Å². The lowest BCUT2D eigenvalue weighted by Gasteiger charge is -2.44. The van der Waals surface area contributed by atoms with Crippen LogP contribution in [0.5, 0.6) is 0 Å². The van der Waals surface area contributed by atoms with Gasteiger partial charge in [-0.25, -0.2) is 0 Å². The predicted octanol–water partition coefficient (Wildman–Crippen LogP) is 14.3. The van der Waals surface area contributed by atoms with Crippen molar-refractivity contribution in [2.24, 2.45) is 22.7 Å². The molecule has 14 rings (SSSR count). The van der Waals surface area contributed by atoms with E-state index in [1.54, 1.807) is 0 Å². The van der Waals surface area contributed by atoms with Gasteiger partial charge >= 0.3 is 0 Å². The molecule has 0 fully saturated rings. The first-order valence-corrected chi connectivity index (χ1v) is 25.7. The summed E-state index contributed by atoms with van der Waals surface area (Å²) >= 11 is 0. The Kier molecular flexibility index (Phi) is 8.92. The van der Waals surface area contributed by atoms with Crippen molar-refractivity contribution in [2.75, 3.05) is 0 Å². The standard InChI is InChI=1S/C68H58O2/c1-67(2,3)49-35-41-27-29-43-57-45(31-33-47(51(41)57)65(49)69)61-55(39-23-15-9-16-24-39)64-54(38-21-13-8-14-22-38)60-44-30-28-42-36-50(68(4,5)6)66(70)48-34-32-46(58(44)52(42)48)62(60)56(40-25-17-10-18-26-40)63(64)53(59(43)61)37-19-11-7-12-20-37/h7-34,47-50,65-66,69-70H,35-36H2,1-6H3. The van der Waals surface area contributed by atoms with Crippen molar-refractivity contribution < 1.29 is 10.2 Å². The summed E-state index contributed by atoms with van der Waals surface area (Å²) in [4.78, 5) is 0. The number of aliphatic hydroxyl groups is 2. The smallest absolute Gasteiger partial charge is 0.0680 e. The third-order valence-corrected chi connectivity index (χ3v) is 17.6. The largest absolute Gasteiger partial charge is 0.392 e. The minimum absolute atomic E-state index is 0.0450. The topological polar surface area (TPSA) is 40.5 Å². The lowest BCUT2D eigenvalue weighted by molar-refractivity contribution is 0.0244. The van der Waals surface area contributed by atoms with E-state index in [2.05, 4.69) is 211 Å². The minimum atomic E-state index is -0.481. The Morgan fingerprint density at radius 2 is 0.700 bits per heavy atom. The van der Waals surface area contributed by atoms with Crippen molar-refractivity contribution in [3.05, 3.63) is 214 Å². The van der Waals surface area contributed by atoms with Crippen molar-refractivity contribution in [1.82, 2.24) is 0 Å². The zero-order valence-corrected chi connectivity index (χ0v) is 40.9. The summed E-state index contributed by atoms with van der Waals surface area (Å²) in [5.41, 5.74) is 25.1. The molecule has 342 valence electrons. The first kappa shape index (κ1) is 42.1. The molecule has 0 amide bonds. The molecule has 0 bridgehead atoms. The van der Waals surface area contributed by atoms with Gasteiger partial charge in [-0.05, 0) is 168 Å². The SMILES string of the molecule is CC(C)(C)C1Cc2ccc3c4c2C(C=CC4=c2c-3c(-c3ccccc3)c3c(-c4ccccc4)c4c(c(-c5ccccc5)c3c2-c2ccccc2)-c2ccc3c5c2C=4C=CC5C(O)C(C(C)(C)C)C3)C1O. The van der Waals surface area contributed by atoms with E-state index in [0.29, 0.717) is 0 Å². The van der Waals surface area contributed by atoms with E-state index < -0.39 is 12.2 Å². The van der Waals surface area contributed by atoms with Crippen LogP contribution in [0.15, 0.2) is 170 Å². The zero-order valence-electron chi connectivity index (χ0n) is 40.9. The maximum absolute atomic E-state index is 12.4. The Morgan fingerprint density at radius 3 is 1.03 bits per heavy atom. The van der Waals surface area contributed by atoms with Crippen LogP contribution >= 0.6 is 0 Å². The van der Waals surface area contributed by atoms with E-state index in [1.165, 1.54) is 132 Å². The number of hydrogen-bond donors (Lipinski definition) is 2. The van der Waals surface area contributed by atoms with Gasteiger partial charge in [0.05, 0.1) is 12.2 Å². The van der Waals surface area contributed by atoms with Crippen LogP contribution < -0.4 is 10.4 Å². The van der Waals surface area contributed by atoms with Gasteiger partial charge in [0.25, 0.3) is 0 Å². The predicted molar refractivity (Wildman–Crippen MR) is 290 cm³/mol. The van der Waals surface area contributed by atoms with Gasteiger partial charge in [0.15, 0.2) is 0 Å². The van der Waals surface area contributed by atoms with Gasteiger partial charge in [0.1, 0.15) is 0 Å². The van der Waals surface area contributed by atoms with Crippen LogP contribution in [0.25, 0.3) is 88.7 Å². The van der Waals surface area contributed by atoms with Crippen LogP contribution in [0.1, 0.15) is 86.8 Å². The quantitative estimate of drug-likeness (QED) is 0.185. The summed E-state index contributed by atoms with van der Waals surface area (Å²) in [5.74, 6) is 0.111. The summed E-state index contributed by atoms with van der Waals surface area (Å²) in [7, 11) is 0. The molecule has 2 heteroatoms. The van der Waals surface area contributed by atoms with Crippen molar-refractivity contribution in [3.8, 4) is 66.8 Å². The highest BCUT2D eigenvalue weighted by atomic mass is 16.3. The lowest BCUT2D eigenvalue weighted by atomic mass is 9.63. The van der Waals surface area contributed by atoms with Crippen molar-refractivity contribution >= 4 is 21.9 Å². The number of rotatable bonds is 4. The highest BCUT2D eigenvalue weighted by Crippen LogP contribution is 2.59. The number of aliphatic hydroxyl groups excluding tert-OH is 2. The Morgan fingerprint density at radius 1 is 0.371 bits per heavy atom. The fourth-order valence-electron chi connectivity index (χ4n) is 14.4. The Bertz CT molecular complexity index is 3500. The molecule has 0 radical (unpaired) electrons. The summed E-state index contributed by atoms with van der Waals surface area (Å²) in [5, 5.41) is 29.9. The van der Waals surface area contributed by atoms with Crippen LogP contribution in [0.3, 0.4) is 0 Å². The number of allylic oxidation sites excluding steroid dienone is 2. The highest BCUT2D eigenvalue weighted by Gasteiger charge is 2.47. The second-order valence-corrected chi connectivity index (χ2v) is 23.3. The molecule has 0 saturated heterocycles. The fourth-order valence-corrected chi connectivity index (χ4v) is 14.4. The highest BCUT2D eigenvalue weighted by molar-refractivity contribution is 6.27. The number of fused-ring (bicyclic) bond motifs is 5. The molecular formula is C68H58O2. The first-order valence-electron chi connectivity index (χ1n) is 25.7. The molecule has 0 heterocycles. The molecule has 0 saturated carbocycles. The second-order valence-electron chi connectivity index (χ2n) is 23.3. The van der Waals surface area contributed by atoms with Gasteiger partial charge in [0, 0.05) is 11.8 Å². The van der Waals surface area contributed by atoms with E-state index in [1.807, 2.05) is 0 Å². The third-order valence-electron chi connectivity index (χ3n) is 17.6. The Hall–Kier alpha value is -6.84. The van der Waals surface area contributed by atoms with Gasteiger partial charge in [-0.15, -0.1) is 0 Å². The van der Waals surface area contributed by atoms with Crippen LogP contribution in [-0.2, 0) is 12.8 Å². The average molecular weight is 907 g/mol. The van der Waals surface area contributed by atoms with E-state index in [9.17, 15) is 10.2 Å². The van der Waals surface area contributed by atoms with E-state index >= 15 is 0 Å². The summed E-state index contributed by atoms with van der Waals surface area (Å²) in [6.07, 6.45) is 10.2. The molecule has 0 aliphatic heterocycles. The maximum Gasteiger partial charge on any atom is 0.0680 e. The molecular weight excluding hydrogens is 849 g/mol. The summed E-state index contributed by atoms with van der Waals surface area (Å²) in [6, 6.07) is 54.5. The number of hydrogen-bond acceptors (Lipinski definition) is 2. The zero-order chi connectivity index (χ0) is 47.5. The molecule has 8 aromatic carbocycles. The summed E-state index contributed by atoms with van der Waals surface area (Å²) < 4.78 is 0. The van der Waals surface area contributed by atoms with Crippen molar-refractivity contribution in [2.45, 2.75) is 78.4 Å². The van der Waals surface area contributed by atoms with Gasteiger partial charge in [0.2, 0.25) is 0 Å². The molecule has 6 atom stereocenters. The Balaban J connectivity index is 1.25. The van der Waals surface area contributed by atoms with E-state index in [-0.39, 0.29) is 34.5 Å². The van der Waals surface area contributed by atoms with Crippen LogP contribution in [-0.4, -0.2) is 22.4 Å². The van der Waals surface area contributed by atoms with Gasteiger partial charge in [-0.3, -0.25) is 0 Å². The molecule has 6 aliphatic rings. The molecule has 2 N–H and O–H groups in total. The van der Waals surface area contributed by atoms with Crippen molar-refractivity contribution in [1.29, 1.82) is 0 Å². The fraction of sp³-hybridized carbons (Fsp3) is 0.235. The molecule has 0 spiro atoms. The molecule has 6 unspecified atom stereocenters. The maximum atomic E-state index is 12.4. The number of benzene rings is 8. The molecule has 2 nitrogen and oxygen atoms in total. The normalized spacial score (nSPS) is 22.0.